The zero-order valence-electron chi connectivity index (χ0n) is 14.0. The number of amides is 1. The van der Waals surface area contributed by atoms with Crippen molar-refractivity contribution in [3.63, 3.8) is 0 Å². The van der Waals surface area contributed by atoms with Crippen LogP contribution in [0.5, 0.6) is 0 Å². The smallest absolute Gasteiger partial charge is 0.250 e. The van der Waals surface area contributed by atoms with Crippen molar-refractivity contribution in [2.75, 3.05) is 26.3 Å². The fourth-order valence-corrected chi connectivity index (χ4v) is 4.93. The molecule has 6 nitrogen and oxygen atoms in total. The Morgan fingerprint density at radius 3 is 2.54 bits per heavy atom. The summed E-state index contributed by atoms with van der Waals surface area (Å²) in [5.41, 5.74) is 0.661. The molecule has 0 atom stereocenters. The Labute approximate surface area is 155 Å². The van der Waals surface area contributed by atoms with Crippen LogP contribution in [0.2, 0.25) is 0 Å². The Bertz CT molecular complexity index is 859. The molecule has 0 bridgehead atoms. The third-order valence-corrected chi connectivity index (χ3v) is 6.95. The largest absolute Gasteiger partial charge is 0.378 e. The van der Waals surface area contributed by atoms with Crippen molar-refractivity contribution < 1.29 is 22.3 Å². The summed E-state index contributed by atoms with van der Waals surface area (Å²) in [5.74, 6) is -0.400. The average Bonchev–Trinajstić information content (AvgIpc) is 3.11. The van der Waals surface area contributed by atoms with Crippen LogP contribution in [0.15, 0.2) is 40.6 Å². The van der Waals surface area contributed by atoms with Gasteiger partial charge in [0, 0.05) is 24.5 Å². The molecule has 1 aliphatic rings. The number of ether oxygens (including phenoxy) is 1. The lowest BCUT2D eigenvalue weighted by molar-refractivity contribution is -0.134. The molecule has 1 aliphatic heterocycles. The molecule has 0 unspecified atom stereocenters. The highest BCUT2D eigenvalue weighted by atomic mass is 32.2. The molecule has 2 heterocycles. The predicted octanol–water partition coefficient (Wildman–Crippen LogP) is 1.77. The first-order chi connectivity index (χ1) is 12.4. The van der Waals surface area contributed by atoms with Crippen LogP contribution >= 0.6 is 11.3 Å². The zero-order valence-corrected chi connectivity index (χ0v) is 15.6. The van der Waals surface area contributed by atoms with Crippen LogP contribution in [0.4, 0.5) is 4.39 Å². The summed E-state index contributed by atoms with van der Waals surface area (Å²) >= 11 is 1.08. The molecule has 9 heteroatoms. The van der Waals surface area contributed by atoms with E-state index >= 15 is 0 Å². The van der Waals surface area contributed by atoms with Gasteiger partial charge in [0.1, 0.15) is 10.0 Å². The Hall–Kier alpha value is -1.81. The molecule has 0 radical (unpaired) electrons. The fraction of sp³-hybridized carbons (Fsp3) is 0.353. The van der Waals surface area contributed by atoms with E-state index in [0.717, 1.165) is 11.3 Å². The molecule has 0 saturated carbocycles. The predicted molar refractivity (Wildman–Crippen MR) is 95.8 cm³/mol. The van der Waals surface area contributed by atoms with Gasteiger partial charge in [-0.15, -0.1) is 11.3 Å². The molecule has 26 heavy (non-hydrogen) atoms. The van der Waals surface area contributed by atoms with Crippen LogP contribution < -0.4 is 4.72 Å². The van der Waals surface area contributed by atoms with Gasteiger partial charge >= 0.3 is 0 Å². The number of morpholine rings is 1. The maximum absolute atomic E-state index is 12.9. The van der Waals surface area contributed by atoms with Crippen LogP contribution in [0, 0.1) is 5.82 Å². The van der Waals surface area contributed by atoms with Crippen LogP contribution in [0.25, 0.3) is 0 Å². The number of carbonyl (C=O) groups excluding carboxylic acids is 1. The monoisotopic (exact) mass is 398 g/mol. The van der Waals surface area contributed by atoms with E-state index in [4.69, 9.17) is 4.74 Å². The topological polar surface area (TPSA) is 75.7 Å². The normalized spacial score (nSPS) is 15.2. The highest BCUT2D eigenvalue weighted by Gasteiger charge is 2.20. The maximum Gasteiger partial charge on any atom is 0.250 e. The van der Waals surface area contributed by atoms with E-state index in [1.807, 2.05) is 0 Å². The molecule has 0 spiro atoms. The number of carbonyl (C=O) groups is 1. The standard InChI is InChI=1S/C17H19FN2O4S2/c18-14-3-1-13(2-4-14)12-19-26(22,23)17-6-5-15(25-17)11-16(21)20-7-9-24-10-8-20/h1-6,19H,7-12H2. The summed E-state index contributed by atoms with van der Waals surface area (Å²) in [5, 5.41) is 0. The number of halogens is 1. The minimum Gasteiger partial charge on any atom is -0.378 e. The van der Waals surface area contributed by atoms with Crippen molar-refractivity contribution in [3.05, 3.63) is 52.7 Å². The van der Waals surface area contributed by atoms with Crippen molar-refractivity contribution in [2.45, 2.75) is 17.2 Å². The number of thiophene rings is 1. The Morgan fingerprint density at radius 2 is 1.85 bits per heavy atom. The molecule has 3 rings (SSSR count). The Balaban J connectivity index is 1.60. The first kappa shape index (κ1) is 19.0. The van der Waals surface area contributed by atoms with Crippen molar-refractivity contribution in [2.24, 2.45) is 0 Å². The third-order valence-electron chi connectivity index (χ3n) is 3.97. The second-order valence-electron chi connectivity index (χ2n) is 5.84. The van der Waals surface area contributed by atoms with Crippen LogP contribution in [-0.4, -0.2) is 45.5 Å². The number of sulfonamides is 1. The van der Waals surface area contributed by atoms with E-state index in [1.54, 1.807) is 11.0 Å². The molecule has 1 aromatic heterocycles. The van der Waals surface area contributed by atoms with Gasteiger partial charge in [-0.25, -0.2) is 17.5 Å². The summed E-state index contributed by atoms with van der Waals surface area (Å²) in [6.45, 7) is 2.26. The van der Waals surface area contributed by atoms with Crippen molar-refractivity contribution in [3.8, 4) is 0 Å². The van der Waals surface area contributed by atoms with Crippen LogP contribution in [-0.2, 0) is 32.5 Å². The maximum atomic E-state index is 12.9. The number of hydrogen-bond donors (Lipinski definition) is 1. The SMILES string of the molecule is O=C(Cc1ccc(S(=O)(=O)NCc2ccc(F)cc2)s1)N1CCOCC1. The molecular weight excluding hydrogens is 379 g/mol. The highest BCUT2D eigenvalue weighted by Crippen LogP contribution is 2.23. The van der Waals surface area contributed by atoms with Gasteiger partial charge in [-0.05, 0) is 29.8 Å². The van der Waals surface area contributed by atoms with Gasteiger partial charge in [0.2, 0.25) is 15.9 Å². The summed E-state index contributed by atoms with van der Waals surface area (Å²) in [6.07, 6.45) is 0.179. The van der Waals surface area contributed by atoms with E-state index < -0.39 is 10.0 Å². The number of benzene rings is 1. The average molecular weight is 398 g/mol. The van der Waals surface area contributed by atoms with E-state index in [0.29, 0.717) is 36.7 Å². The van der Waals surface area contributed by atoms with Crippen molar-refractivity contribution >= 4 is 27.3 Å². The molecule has 1 aromatic carbocycles. The number of rotatable bonds is 6. The van der Waals surface area contributed by atoms with Crippen LogP contribution in [0.1, 0.15) is 10.4 Å². The molecule has 1 fully saturated rings. The summed E-state index contributed by atoms with van der Waals surface area (Å²) in [6, 6.07) is 8.78. The summed E-state index contributed by atoms with van der Waals surface area (Å²) in [7, 11) is -3.68. The number of nitrogens with one attached hydrogen (secondary N) is 1. The molecule has 2 aromatic rings. The lowest BCUT2D eigenvalue weighted by atomic mass is 10.2. The van der Waals surface area contributed by atoms with Gasteiger partial charge in [-0.2, -0.15) is 0 Å². The molecular formula is C17H19FN2O4S2. The minimum absolute atomic E-state index is 0.0293. The lowest BCUT2D eigenvalue weighted by Crippen LogP contribution is -2.41. The Morgan fingerprint density at radius 1 is 1.15 bits per heavy atom. The minimum atomic E-state index is -3.68. The quantitative estimate of drug-likeness (QED) is 0.805. The zero-order chi connectivity index (χ0) is 18.6. The highest BCUT2D eigenvalue weighted by molar-refractivity contribution is 7.91. The van der Waals surface area contributed by atoms with E-state index in [-0.39, 0.29) is 28.9 Å². The van der Waals surface area contributed by atoms with E-state index in [1.165, 1.54) is 30.3 Å². The van der Waals surface area contributed by atoms with Gasteiger partial charge in [0.05, 0.1) is 19.6 Å². The summed E-state index contributed by atoms with van der Waals surface area (Å²) < 4.78 is 45.5. The van der Waals surface area contributed by atoms with E-state index in [2.05, 4.69) is 4.72 Å². The number of nitrogens with zero attached hydrogens (tertiary/aromatic N) is 1. The molecule has 1 saturated heterocycles. The van der Waals surface area contributed by atoms with Crippen LogP contribution in [0.3, 0.4) is 0 Å². The fourth-order valence-electron chi connectivity index (χ4n) is 2.52. The number of hydrogen-bond acceptors (Lipinski definition) is 5. The molecule has 1 amide bonds. The van der Waals surface area contributed by atoms with Crippen molar-refractivity contribution in [1.82, 2.24) is 9.62 Å². The van der Waals surface area contributed by atoms with Gasteiger partial charge in [0.25, 0.3) is 0 Å². The summed E-state index contributed by atoms with van der Waals surface area (Å²) in [4.78, 5) is 14.7. The Kier molecular flexibility index (Phi) is 6.02. The molecule has 140 valence electrons. The van der Waals surface area contributed by atoms with Gasteiger partial charge < -0.3 is 9.64 Å². The second kappa shape index (κ2) is 8.26. The molecule has 1 N–H and O–H groups in total. The van der Waals surface area contributed by atoms with Gasteiger partial charge in [-0.3, -0.25) is 4.79 Å². The first-order valence-electron chi connectivity index (χ1n) is 8.12. The van der Waals surface area contributed by atoms with Crippen molar-refractivity contribution in [1.29, 1.82) is 0 Å². The van der Waals surface area contributed by atoms with Gasteiger partial charge in [-0.1, -0.05) is 12.1 Å². The second-order valence-corrected chi connectivity index (χ2v) is 9.00. The van der Waals surface area contributed by atoms with E-state index in [9.17, 15) is 17.6 Å². The molecule has 0 aliphatic carbocycles. The first-order valence-corrected chi connectivity index (χ1v) is 10.4. The third kappa shape index (κ3) is 4.88. The lowest BCUT2D eigenvalue weighted by Gasteiger charge is -2.26. The van der Waals surface area contributed by atoms with Gasteiger partial charge in [0.15, 0.2) is 0 Å².